The molecule has 0 bridgehead atoms. The van der Waals surface area contributed by atoms with Gasteiger partial charge in [-0.1, -0.05) is 29.8 Å². The van der Waals surface area contributed by atoms with Crippen LogP contribution < -0.4 is 4.74 Å². The Labute approximate surface area is 120 Å². The predicted molar refractivity (Wildman–Crippen MR) is 73.6 cm³/mol. The zero-order chi connectivity index (χ0) is 14.5. The first-order chi connectivity index (χ1) is 9.61. The molecule has 0 heterocycles. The van der Waals surface area contributed by atoms with Crippen LogP contribution in [0.2, 0.25) is 5.02 Å². The number of rotatable bonds is 4. The van der Waals surface area contributed by atoms with E-state index >= 15 is 0 Å². The van der Waals surface area contributed by atoms with Gasteiger partial charge < -0.3 is 4.74 Å². The third-order valence-corrected chi connectivity index (χ3v) is 2.86. The molecule has 0 saturated carbocycles. The van der Waals surface area contributed by atoms with Crippen LogP contribution >= 0.6 is 11.6 Å². The molecule has 0 fully saturated rings. The third-order valence-electron chi connectivity index (χ3n) is 2.63. The van der Waals surface area contributed by atoms with Crippen molar-refractivity contribution in [2.75, 3.05) is 0 Å². The summed E-state index contributed by atoms with van der Waals surface area (Å²) in [5.41, 5.74) is 0.251. The van der Waals surface area contributed by atoms with Gasteiger partial charge in [0, 0.05) is 16.7 Å². The first kappa shape index (κ1) is 13.8. The molecule has 20 heavy (non-hydrogen) atoms. The van der Waals surface area contributed by atoms with Crippen molar-refractivity contribution in [3.05, 3.63) is 68.7 Å². The third kappa shape index (κ3) is 3.05. The number of nitro groups is 1. The molecule has 2 aromatic rings. The molecule has 0 aliphatic heterocycles. The molecular formula is C14H9ClN2O3. The maximum atomic E-state index is 10.8. The second-order valence-electron chi connectivity index (χ2n) is 3.93. The highest BCUT2D eigenvalue weighted by Gasteiger charge is 2.17. The molecule has 0 saturated heterocycles. The van der Waals surface area contributed by atoms with E-state index in [1.54, 1.807) is 30.3 Å². The number of hydrogen-bond acceptors (Lipinski definition) is 4. The van der Waals surface area contributed by atoms with Gasteiger partial charge in [-0.25, -0.2) is 0 Å². The number of hydrogen-bond donors (Lipinski definition) is 0. The molecular weight excluding hydrogens is 280 g/mol. The minimum Gasteiger partial charge on any atom is -0.489 e. The Morgan fingerprint density at radius 3 is 2.70 bits per heavy atom. The fourth-order valence-electron chi connectivity index (χ4n) is 1.71. The van der Waals surface area contributed by atoms with Gasteiger partial charge in [0.25, 0.3) is 5.69 Å². The monoisotopic (exact) mass is 288 g/mol. The lowest BCUT2D eigenvalue weighted by Crippen LogP contribution is -2.01. The summed E-state index contributed by atoms with van der Waals surface area (Å²) in [6.45, 7) is 0.0604. The van der Waals surface area contributed by atoms with Gasteiger partial charge in [0.15, 0.2) is 0 Å². The molecule has 2 rings (SSSR count). The van der Waals surface area contributed by atoms with Crippen molar-refractivity contribution in [3.8, 4) is 11.8 Å². The molecule has 0 aliphatic rings. The van der Waals surface area contributed by atoms with Gasteiger partial charge in [0.2, 0.25) is 0 Å². The smallest absolute Gasteiger partial charge is 0.287 e. The van der Waals surface area contributed by atoms with Gasteiger partial charge in [0.05, 0.1) is 4.92 Å². The molecule has 0 aromatic heterocycles. The van der Waals surface area contributed by atoms with Crippen LogP contribution in [-0.4, -0.2) is 4.92 Å². The Hall–Kier alpha value is -2.58. The summed E-state index contributed by atoms with van der Waals surface area (Å²) < 4.78 is 5.49. The Morgan fingerprint density at radius 1 is 1.30 bits per heavy atom. The lowest BCUT2D eigenvalue weighted by atomic mass is 10.1. The highest BCUT2D eigenvalue weighted by Crippen LogP contribution is 2.23. The number of halogens is 1. The maximum Gasteiger partial charge on any atom is 0.287 e. The van der Waals surface area contributed by atoms with Crippen molar-refractivity contribution < 1.29 is 9.66 Å². The summed E-state index contributed by atoms with van der Waals surface area (Å²) in [6.07, 6.45) is 0. The van der Waals surface area contributed by atoms with Crippen LogP contribution in [0, 0.1) is 21.4 Å². The minimum atomic E-state index is -0.582. The van der Waals surface area contributed by atoms with Crippen molar-refractivity contribution >= 4 is 17.3 Å². The van der Waals surface area contributed by atoms with Gasteiger partial charge in [0.1, 0.15) is 24.0 Å². The fourth-order valence-corrected chi connectivity index (χ4v) is 1.89. The molecule has 100 valence electrons. The molecule has 6 heteroatoms. The lowest BCUT2D eigenvalue weighted by molar-refractivity contribution is -0.385. The van der Waals surface area contributed by atoms with Crippen molar-refractivity contribution in [1.82, 2.24) is 0 Å². The number of benzene rings is 2. The molecule has 0 amide bonds. The van der Waals surface area contributed by atoms with Gasteiger partial charge in [-0.3, -0.25) is 10.1 Å². The molecule has 0 aliphatic carbocycles. The fraction of sp³-hybridized carbons (Fsp3) is 0.0714. The summed E-state index contributed by atoms with van der Waals surface area (Å²) in [6, 6.07) is 13.1. The van der Waals surface area contributed by atoms with E-state index in [4.69, 9.17) is 21.6 Å². The van der Waals surface area contributed by atoms with E-state index < -0.39 is 4.92 Å². The van der Waals surface area contributed by atoms with Gasteiger partial charge in [-0.15, -0.1) is 0 Å². The Bertz CT molecular complexity index is 695. The highest BCUT2D eigenvalue weighted by molar-refractivity contribution is 6.30. The average Bonchev–Trinajstić information content (AvgIpc) is 2.44. The predicted octanol–water partition coefficient (Wildman–Crippen LogP) is 3.70. The molecule has 0 unspecified atom stereocenters. The van der Waals surface area contributed by atoms with E-state index in [1.165, 1.54) is 12.1 Å². The molecule has 0 radical (unpaired) electrons. The standard InChI is InChI=1S/C14H9ClN2O3/c15-11-4-2-5-12(7-11)20-9-10-3-1-6-14(17(18)19)13(10)8-16/h1-7H,9H2. The summed E-state index contributed by atoms with van der Waals surface area (Å²) in [5, 5.41) is 20.4. The number of nitrogens with zero attached hydrogens (tertiary/aromatic N) is 2. The van der Waals surface area contributed by atoms with Crippen LogP contribution in [0.4, 0.5) is 5.69 Å². The second kappa shape index (κ2) is 6.04. The first-order valence-corrected chi connectivity index (χ1v) is 6.04. The van der Waals surface area contributed by atoms with E-state index in [0.29, 0.717) is 16.3 Å². The molecule has 0 atom stereocenters. The van der Waals surface area contributed by atoms with Crippen LogP contribution in [0.25, 0.3) is 0 Å². The van der Waals surface area contributed by atoms with E-state index in [0.717, 1.165) is 0 Å². The lowest BCUT2D eigenvalue weighted by Gasteiger charge is -2.08. The summed E-state index contributed by atoms with van der Waals surface area (Å²) in [5.74, 6) is 0.535. The maximum absolute atomic E-state index is 10.8. The van der Waals surface area contributed by atoms with Crippen molar-refractivity contribution in [3.63, 3.8) is 0 Å². The zero-order valence-corrected chi connectivity index (χ0v) is 11.0. The van der Waals surface area contributed by atoms with Crippen molar-refractivity contribution in [2.45, 2.75) is 6.61 Å². The topological polar surface area (TPSA) is 76.2 Å². The molecule has 2 aromatic carbocycles. The number of nitriles is 1. The average molecular weight is 289 g/mol. The molecule has 0 N–H and O–H groups in total. The molecule has 0 spiro atoms. The largest absolute Gasteiger partial charge is 0.489 e. The van der Waals surface area contributed by atoms with Crippen LogP contribution in [0.15, 0.2) is 42.5 Å². The SMILES string of the molecule is N#Cc1c(COc2cccc(Cl)c2)cccc1[N+](=O)[O-]. The summed E-state index contributed by atoms with van der Waals surface area (Å²) in [7, 11) is 0. The number of ether oxygens (including phenoxy) is 1. The van der Waals surface area contributed by atoms with E-state index in [1.807, 2.05) is 6.07 Å². The van der Waals surface area contributed by atoms with Crippen molar-refractivity contribution in [1.29, 1.82) is 5.26 Å². The van der Waals surface area contributed by atoms with Crippen LogP contribution in [0.5, 0.6) is 5.75 Å². The Kier molecular flexibility index (Phi) is 4.18. The van der Waals surface area contributed by atoms with Crippen LogP contribution in [0.1, 0.15) is 11.1 Å². The second-order valence-corrected chi connectivity index (χ2v) is 4.36. The van der Waals surface area contributed by atoms with Gasteiger partial charge in [-0.05, 0) is 18.2 Å². The van der Waals surface area contributed by atoms with E-state index in [-0.39, 0.29) is 17.9 Å². The van der Waals surface area contributed by atoms with E-state index in [2.05, 4.69) is 0 Å². The normalized spacial score (nSPS) is 9.80. The summed E-state index contributed by atoms with van der Waals surface area (Å²) >= 11 is 5.83. The van der Waals surface area contributed by atoms with Crippen LogP contribution in [-0.2, 0) is 6.61 Å². The summed E-state index contributed by atoms with van der Waals surface area (Å²) in [4.78, 5) is 10.3. The van der Waals surface area contributed by atoms with Crippen LogP contribution in [0.3, 0.4) is 0 Å². The quantitative estimate of drug-likeness (QED) is 0.635. The van der Waals surface area contributed by atoms with Gasteiger partial charge >= 0.3 is 0 Å². The Morgan fingerprint density at radius 2 is 2.05 bits per heavy atom. The first-order valence-electron chi connectivity index (χ1n) is 5.66. The van der Waals surface area contributed by atoms with Gasteiger partial charge in [-0.2, -0.15) is 5.26 Å². The minimum absolute atomic E-state index is 0.0135. The zero-order valence-electron chi connectivity index (χ0n) is 10.2. The number of nitro benzene ring substituents is 1. The van der Waals surface area contributed by atoms with Crippen molar-refractivity contribution in [2.24, 2.45) is 0 Å². The highest BCUT2D eigenvalue weighted by atomic mass is 35.5. The Balaban J connectivity index is 2.24. The molecule has 5 nitrogen and oxygen atoms in total. The van der Waals surface area contributed by atoms with E-state index in [9.17, 15) is 10.1 Å².